The first-order chi connectivity index (χ1) is 8.95. The Morgan fingerprint density at radius 2 is 1.84 bits per heavy atom. The van der Waals surface area contributed by atoms with Crippen molar-refractivity contribution in [3.8, 4) is 0 Å². The molecule has 0 aliphatic heterocycles. The van der Waals surface area contributed by atoms with Crippen LogP contribution in [0.15, 0.2) is 24.3 Å². The van der Waals surface area contributed by atoms with Crippen molar-refractivity contribution in [3.63, 3.8) is 0 Å². The van der Waals surface area contributed by atoms with Crippen LogP contribution in [0.3, 0.4) is 0 Å². The van der Waals surface area contributed by atoms with Crippen LogP contribution in [0.2, 0.25) is 5.02 Å². The molecule has 0 aliphatic rings. The maximum atomic E-state index is 12.5. The maximum absolute atomic E-state index is 12.5. The molecule has 1 aromatic carbocycles. The average Bonchev–Trinajstić information content (AvgIpc) is 2.39. The maximum Gasteiger partial charge on any atom is 0.143 e. The van der Waals surface area contributed by atoms with Crippen LogP contribution in [0.5, 0.6) is 0 Å². The van der Waals surface area contributed by atoms with Gasteiger partial charge in [-0.2, -0.15) is 0 Å². The first-order valence-electron chi connectivity index (χ1n) is 6.89. The molecule has 0 radical (unpaired) electrons. The Kier molecular flexibility index (Phi) is 6.53. The van der Waals surface area contributed by atoms with Crippen molar-refractivity contribution in [1.29, 1.82) is 0 Å². The molecule has 3 heteroatoms. The molecular weight excluding hydrogens is 258 g/mol. The predicted octanol–water partition coefficient (Wildman–Crippen LogP) is 3.99. The van der Waals surface area contributed by atoms with E-state index in [9.17, 15) is 4.79 Å². The lowest BCUT2D eigenvalue weighted by atomic mass is 9.85. The first-order valence-corrected chi connectivity index (χ1v) is 7.27. The van der Waals surface area contributed by atoms with Crippen LogP contribution >= 0.6 is 11.6 Å². The van der Waals surface area contributed by atoms with Gasteiger partial charge in [0.15, 0.2) is 0 Å². The largest absolute Gasteiger partial charge is 0.309 e. The van der Waals surface area contributed by atoms with Crippen molar-refractivity contribution in [2.75, 3.05) is 20.6 Å². The quantitative estimate of drug-likeness (QED) is 0.753. The summed E-state index contributed by atoms with van der Waals surface area (Å²) in [5.74, 6) is 0.434. The number of carbonyl (C=O) groups excluding carboxylic acids is 1. The van der Waals surface area contributed by atoms with E-state index in [1.54, 1.807) is 0 Å². The lowest BCUT2D eigenvalue weighted by Gasteiger charge is -2.21. The zero-order valence-electron chi connectivity index (χ0n) is 12.3. The van der Waals surface area contributed by atoms with Gasteiger partial charge in [-0.3, -0.25) is 4.79 Å². The second-order valence-electron chi connectivity index (χ2n) is 5.41. The summed E-state index contributed by atoms with van der Waals surface area (Å²) < 4.78 is 0. The lowest BCUT2D eigenvalue weighted by molar-refractivity contribution is -0.124. The van der Waals surface area contributed by atoms with Gasteiger partial charge in [-0.05, 0) is 51.2 Å². The molecule has 0 heterocycles. The Bertz CT molecular complexity index is 400. The van der Waals surface area contributed by atoms with E-state index < -0.39 is 0 Å². The Morgan fingerprint density at radius 3 is 2.32 bits per heavy atom. The monoisotopic (exact) mass is 281 g/mol. The summed E-state index contributed by atoms with van der Waals surface area (Å²) in [6.45, 7) is 4.99. The molecule has 0 saturated heterocycles. The van der Waals surface area contributed by atoms with E-state index in [1.165, 1.54) is 0 Å². The van der Waals surface area contributed by atoms with Crippen LogP contribution in [-0.4, -0.2) is 31.3 Å². The van der Waals surface area contributed by atoms with Crippen LogP contribution in [0, 0.1) is 5.92 Å². The van der Waals surface area contributed by atoms with E-state index in [0.717, 1.165) is 24.9 Å². The molecule has 0 N–H and O–H groups in total. The third kappa shape index (κ3) is 4.96. The van der Waals surface area contributed by atoms with Crippen molar-refractivity contribution >= 4 is 17.4 Å². The Balaban J connectivity index is 2.91. The Hall–Kier alpha value is -0.860. The number of halogens is 1. The van der Waals surface area contributed by atoms with E-state index in [4.69, 9.17) is 11.6 Å². The average molecular weight is 282 g/mol. The fraction of sp³-hybridized carbons (Fsp3) is 0.562. The number of Topliss-reactive ketones (excluding diaryl/α,β-unsaturated/α-hetero) is 1. The van der Waals surface area contributed by atoms with Crippen molar-refractivity contribution in [2.24, 2.45) is 5.92 Å². The molecule has 2 atom stereocenters. The number of ketones is 1. The minimum atomic E-state index is -0.0189. The molecule has 0 amide bonds. The van der Waals surface area contributed by atoms with Gasteiger partial charge in [0, 0.05) is 16.9 Å². The van der Waals surface area contributed by atoms with E-state index in [0.29, 0.717) is 10.8 Å². The normalized spacial score (nSPS) is 14.4. The van der Waals surface area contributed by atoms with Crippen LogP contribution in [0.1, 0.15) is 38.2 Å². The molecule has 0 saturated carbocycles. The molecule has 0 fully saturated rings. The van der Waals surface area contributed by atoms with Crippen LogP contribution < -0.4 is 0 Å². The van der Waals surface area contributed by atoms with Gasteiger partial charge in [-0.1, -0.05) is 37.6 Å². The van der Waals surface area contributed by atoms with E-state index in [-0.39, 0.29) is 11.8 Å². The number of benzene rings is 1. The van der Waals surface area contributed by atoms with Crippen molar-refractivity contribution in [1.82, 2.24) is 4.90 Å². The molecule has 19 heavy (non-hydrogen) atoms. The van der Waals surface area contributed by atoms with E-state index in [2.05, 4.69) is 11.8 Å². The highest BCUT2D eigenvalue weighted by molar-refractivity contribution is 6.30. The second-order valence-corrected chi connectivity index (χ2v) is 5.84. The zero-order valence-corrected chi connectivity index (χ0v) is 13.1. The van der Waals surface area contributed by atoms with E-state index in [1.807, 2.05) is 45.3 Å². The minimum absolute atomic E-state index is 0.0189. The number of hydrogen-bond acceptors (Lipinski definition) is 2. The van der Waals surface area contributed by atoms with Gasteiger partial charge in [0.1, 0.15) is 5.78 Å². The third-order valence-electron chi connectivity index (χ3n) is 3.58. The van der Waals surface area contributed by atoms with Gasteiger partial charge < -0.3 is 4.90 Å². The molecule has 2 nitrogen and oxygen atoms in total. The SMILES string of the molecule is CCC(C)C(=O)[C@H](CCN(C)C)c1ccc(Cl)cc1. The zero-order chi connectivity index (χ0) is 14.4. The van der Waals surface area contributed by atoms with Crippen molar-refractivity contribution in [3.05, 3.63) is 34.9 Å². The topological polar surface area (TPSA) is 20.3 Å². The van der Waals surface area contributed by atoms with Crippen LogP contribution in [0.25, 0.3) is 0 Å². The minimum Gasteiger partial charge on any atom is -0.309 e. The number of rotatable bonds is 7. The molecular formula is C16H24ClNO. The molecule has 1 unspecified atom stereocenters. The lowest BCUT2D eigenvalue weighted by Crippen LogP contribution is -2.24. The molecule has 0 spiro atoms. The summed E-state index contributed by atoms with van der Waals surface area (Å²) in [5.41, 5.74) is 1.08. The summed E-state index contributed by atoms with van der Waals surface area (Å²) in [4.78, 5) is 14.6. The van der Waals surface area contributed by atoms with Crippen LogP contribution in [-0.2, 0) is 4.79 Å². The molecule has 0 bridgehead atoms. The van der Waals surface area contributed by atoms with Gasteiger partial charge in [0.2, 0.25) is 0 Å². The van der Waals surface area contributed by atoms with E-state index >= 15 is 0 Å². The van der Waals surface area contributed by atoms with Crippen LogP contribution in [0.4, 0.5) is 0 Å². The number of carbonyl (C=O) groups is 1. The van der Waals surface area contributed by atoms with Gasteiger partial charge in [-0.25, -0.2) is 0 Å². The molecule has 106 valence electrons. The highest BCUT2D eigenvalue weighted by Gasteiger charge is 2.24. The number of nitrogens with zero attached hydrogens (tertiary/aromatic N) is 1. The summed E-state index contributed by atoms with van der Waals surface area (Å²) >= 11 is 5.92. The van der Waals surface area contributed by atoms with Gasteiger partial charge in [0.05, 0.1) is 0 Å². The predicted molar refractivity (Wildman–Crippen MR) is 81.8 cm³/mol. The summed E-state index contributed by atoms with van der Waals surface area (Å²) in [6.07, 6.45) is 1.75. The second kappa shape index (κ2) is 7.66. The Labute approximate surface area is 121 Å². The summed E-state index contributed by atoms with van der Waals surface area (Å²) in [5, 5.41) is 0.714. The smallest absolute Gasteiger partial charge is 0.143 e. The summed E-state index contributed by atoms with van der Waals surface area (Å²) in [7, 11) is 4.07. The Morgan fingerprint density at radius 1 is 1.26 bits per heavy atom. The fourth-order valence-electron chi connectivity index (χ4n) is 2.10. The van der Waals surface area contributed by atoms with Gasteiger partial charge in [0.25, 0.3) is 0 Å². The first kappa shape index (κ1) is 16.2. The van der Waals surface area contributed by atoms with Crippen molar-refractivity contribution < 1.29 is 4.79 Å². The van der Waals surface area contributed by atoms with Gasteiger partial charge >= 0.3 is 0 Å². The highest BCUT2D eigenvalue weighted by Crippen LogP contribution is 2.26. The standard InChI is InChI=1S/C16H24ClNO/c1-5-12(2)16(19)15(10-11-18(3)4)13-6-8-14(17)9-7-13/h6-9,12,15H,5,10-11H2,1-4H3/t12?,15-/m1/s1. The summed E-state index contributed by atoms with van der Waals surface area (Å²) in [6, 6.07) is 7.68. The molecule has 1 aromatic rings. The molecule has 1 rings (SSSR count). The number of hydrogen-bond donors (Lipinski definition) is 0. The molecule has 0 aromatic heterocycles. The highest BCUT2D eigenvalue weighted by atomic mass is 35.5. The molecule has 0 aliphatic carbocycles. The fourth-order valence-corrected chi connectivity index (χ4v) is 2.23. The van der Waals surface area contributed by atoms with Crippen molar-refractivity contribution in [2.45, 2.75) is 32.6 Å². The van der Waals surface area contributed by atoms with Gasteiger partial charge in [-0.15, -0.1) is 0 Å². The third-order valence-corrected chi connectivity index (χ3v) is 3.83.